The monoisotopic (exact) mass is 266 g/mol. The van der Waals surface area contributed by atoms with Crippen LogP contribution in [0.25, 0.3) is 11.6 Å². The Bertz CT molecular complexity index is 565. The van der Waals surface area contributed by atoms with Crippen LogP contribution in [0.4, 0.5) is 17.6 Å². The molecular weight excluding hydrogens is 256 g/mol. The van der Waals surface area contributed by atoms with Crippen LogP contribution in [0, 0.1) is 5.82 Å². The van der Waals surface area contributed by atoms with Crippen molar-refractivity contribution in [3.8, 4) is 0 Å². The third-order valence-corrected chi connectivity index (χ3v) is 2.57. The average molecular weight is 266 g/mol. The van der Waals surface area contributed by atoms with E-state index in [9.17, 15) is 17.6 Å². The van der Waals surface area contributed by atoms with Crippen LogP contribution in [0.15, 0.2) is 54.6 Å². The van der Waals surface area contributed by atoms with Gasteiger partial charge in [0.25, 0.3) is 0 Å². The standard InChI is InChI=1S/C15H10F4/c16-13-8-6-12(7-9-13)14(15(17,18)19)10-11-4-2-1-3-5-11/h1-10H/b14-10+. The minimum atomic E-state index is -4.49. The molecule has 0 fully saturated rings. The maximum absolute atomic E-state index is 13.0. The molecule has 2 rings (SSSR count). The second-order valence-corrected chi connectivity index (χ2v) is 3.97. The molecule has 0 amide bonds. The van der Waals surface area contributed by atoms with Crippen LogP contribution in [0.5, 0.6) is 0 Å². The smallest absolute Gasteiger partial charge is 0.207 e. The van der Waals surface area contributed by atoms with E-state index in [0.29, 0.717) is 5.56 Å². The van der Waals surface area contributed by atoms with Gasteiger partial charge in [-0.15, -0.1) is 0 Å². The predicted molar refractivity (Wildman–Crippen MR) is 66.8 cm³/mol. The van der Waals surface area contributed by atoms with Gasteiger partial charge in [0.2, 0.25) is 0 Å². The third-order valence-electron chi connectivity index (χ3n) is 2.57. The maximum atomic E-state index is 13.0. The molecule has 0 spiro atoms. The van der Waals surface area contributed by atoms with Crippen molar-refractivity contribution >= 4 is 11.6 Å². The normalized spacial score (nSPS) is 12.5. The Morgan fingerprint density at radius 2 is 1.42 bits per heavy atom. The first kappa shape index (κ1) is 13.3. The molecule has 2 aromatic rings. The third kappa shape index (κ3) is 3.44. The van der Waals surface area contributed by atoms with Crippen LogP contribution in [-0.4, -0.2) is 6.18 Å². The van der Waals surface area contributed by atoms with Crippen LogP contribution in [-0.2, 0) is 0 Å². The number of hydrogen-bond donors (Lipinski definition) is 0. The molecule has 0 atom stereocenters. The lowest BCUT2D eigenvalue weighted by Crippen LogP contribution is -2.10. The van der Waals surface area contributed by atoms with Crippen LogP contribution in [0.2, 0.25) is 0 Å². The summed E-state index contributed by atoms with van der Waals surface area (Å²) in [6, 6.07) is 12.5. The van der Waals surface area contributed by atoms with Crippen molar-refractivity contribution in [1.82, 2.24) is 0 Å². The van der Waals surface area contributed by atoms with Crippen molar-refractivity contribution in [2.45, 2.75) is 6.18 Å². The quantitative estimate of drug-likeness (QED) is 0.534. The molecule has 0 heterocycles. The van der Waals surface area contributed by atoms with Crippen molar-refractivity contribution in [3.05, 3.63) is 71.5 Å². The van der Waals surface area contributed by atoms with Gasteiger partial charge >= 0.3 is 6.18 Å². The highest BCUT2D eigenvalue weighted by molar-refractivity contribution is 5.84. The Labute approximate surface area is 108 Å². The maximum Gasteiger partial charge on any atom is 0.417 e. The van der Waals surface area contributed by atoms with E-state index in [1.807, 2.05) is 0 Å². The molecule has 19 heavy (non-hydrogen) atoms. The fourth-order valence-corrected chi connectivity index (χ4v) is 1.67. The van der Waals surface area contributed by atoms with Gasteiger partial charge < -0.3 is 0 Å². The molecule has 0 aliphatic heterocycles. The lowest BCUT2D eigenvalue weighted by Gasteiger charge is -2.12. The number of halogens is 4. The largest absolute Gasteiger partial charge is 0.417 e. The van der Waals surface area contributed by atoms with E-state index in [1.54, 1.807) is 30.3 Å². The average Bonchev–Trinajstić information content (AvgIpc) is 2.37. The predicted octanol–water partition coefficient (Wildman–Crippen LogP) is 4.93. The molecule has 0 saturated heterocycles. The van der Waals surface area contributed by atoms with E-state index in [4.69, 9.17) is 0 Å². The van der Waals surface area contributed by atoms with Gasteiger partial charge in [-0.05, 0) is 29.3 Å². The lowest BCUT2D eigenvalue weighted by atomic mass is 10.0. The highest BCUT2D eigenvalue weighted by Crippen LogP contribution is 2.35. The first-order valence-corrected chi connectivity index (χ1v) is 5.57. The Hall–Kier alpha value is -2.10. The van der Waals surface area contributed by atoms with Crippen molar-refractivity contribution in [2.75, 3.05) is 0 Å². The molecule has 0 aromatic heterocycles. The Morgan fingerprint density at radius 3 is 1.95 bits per heavy atom. The summed E-state index contributed by atoms with van der Waals surface area (Å²) in [6.45, 7) is 0. The van der Waals surface area contributed by atoms with Gasteiger partial charge in [0, 0.05) is 0 Å². The molecule has 0 nitrogen and oxygen atoms in total. The fourth-order valence-electron chi connectivity index (χ4n) is 1.67. The highest BCUT2D eigenvalue weighted by Gasteiger charge is 2.34. The molecule has 4 heteroatoms. The minimum absolute atomic E-state index is 0.0576. The Kier molecular flexibility index (Phi) is 3.69. The molecule has 0 saturated carbocycles. The summed E-state index contributed by atoms with van der Waals surface area (Å²) >= 11 is 0. The molecule has 0 aliphatic rings. The van der Waals surface area contributed by atoms with E-state index >= 15 is 0 Å². The summed E-state index contributed by atoms with van der Waals surface area (Å²) in [4.78, 5) is 0. The Morgan fingerprint density at radius 1 is 0.842 bits per heavy atom. The topological polar surface area (TPSA) is 0 Å². The summed E-state index contributed by atoms with van der Waals surface area (Å²) in [6.07, 6.45) is -3.44. The number of rotatable bonds is 2. The molecule has 98 valence electrons. The van der Waals surface area contributed by atoms with Gasteiger partial charge in [-0.2, -0.15) is 13.2 Å². The van der Waals surface area contributed by atoms with Crippen molar-refractivity contribution in [1.29, 1.82) is 0 Å². The molecule has 0 aliphatic carbocycles. The molecule has 0 bridgehead atoms. The zero-order valence-corrected chi connectivity index (χ0v) is 9.79. The molecule has 2 aromatic carbocycles. The van der Waals surface area contributed by atoms with Crippen LogP contribution >= 0.6 is 0 Å². The summed E-state index contributed by atoms with van der Waals surface area (Å²) in [5.41, 5.74) is -0.407. The lowest BCUT2D eigenvalue weighted by molar-refractivity contribution is -0.0683. The van der Waals surface area contributed by atoms with E-state index in [1.165, 1.54) is 0 Å². The summed E-state index contributed by atoms with van der Waals surface area (Å²) in [5.74, 6) is -0.565. The van der Waals surface area contributed by atoms with Gasteiger partial charge in [-0.3, -0.25) is 0 Å². The minimum Gasteiger partial charge on any atom is -0.207 e. The fraction of sp³-hybridized carbons (Fsp3) is 0.0667. The van der Waals surface area contributed by atoms with Crippen molar-refractivity contribution < 1.29 is 17.6 Å². The van der Waals surface area contributed by atoms with E-state index in [-0.39, 0.29) is 5.56 Å². The van der Waals surface area contributed by atoms with Gasteiger partial charge in [0.1, 0.15) is 5.82 Å². The molecule has 0 N–H and O–H groups in total. The SMILES string of the molecule is Fc1ccc(/C(=C\c2ccccc2)C(F)(F)F)cc1. The van der Waals surface area contributed by atoms with E-state index in [0.717, 1.165) is 30.3 Å². The highest BCUT2D eigenvalue weighted by atomic mass is 19.4. The second kappa shape index (κ2) is 5.26. The molecular formula is C15H10F4. The van der Waals surface area contributed by atoms with E-state index in [2.05, 4.69) is 0 Å². The van der Waals surface area contributed by atoms with Crippen LogP contribution in [0.3, 0.4) is 0 Å². The summed E-state index contributed by atoms with van der Waals surface area (Å²) in [5, 5.41) is 0. The number of allylic oxidation sites excluding steroid dienone is 1. The number of alkyl halides is 3. The van der Waals surface area contributed by atoms with Crippen molar-refractivity contribution in [2.24, 2.45) is 0 Å². The van der Waals surface area contributed by atoms with Gasteiger partial charge in [-0.1, -0.05) is 42.5 Å². The van der Waals surface area contributed by atoms with Gasteiger partial charge in [-0.25, -0.2) is 4.39 Å². The van der Waals surface area contributed by atoms with Gasteiger partial charge in [0.05, 0.1) is 5.57 Å². The first-order chi connectivity index (χ1) is 8.97. The zero-order chi connectivity index (χ0) is 13.9. The number of hydrogen-bond acceptors (Lipinski definition) is 0. The van der Waals surface area contributed by atoms with Crippen molar-refractivity contribution in [3.63, 3.8) is 0 Å². The number of benzene rings is 2. The van der Waals surface area contributed by atoms with Crippen LogP contribution in [0.1, 0.15) is 11.1 Å². The van der Waals surface area contributed by atoms with Gasteiger partial charge in [0.15, 0.2) is 0 Å². The molecule has 0 radical (unpaired) electrons. The van der Waals surface area contributed by atoms with Crippen LogP contribution < -0.4 is 0 Å². The van der Waals surface area contributed by atoms with E-state index < -0.39 is 17.6 Å². The summed E-state index contributed by atoms with van der Waals surface area (Å²) < 4.78 is 51.9. The summed E-state index contributed by atoms with van der Waals surface area (Å²) in [7, 11) is 0. The Balaban J connectivity index is 2.48. The second-order valence-electron chi connectivity index (χ2n) is 3.97. The first-order valence-electron chi connectivity index (χ1n) is 5.57. The zero-order valence-electron chi connectivity index (χ0n) is 9.79. The molecule has 0 unspecified atom stereocenters.